The number of rotatable bonds is 7. The van der Waals surface area contributed by atoms with Gasteiger partial charge in [0.2, 0.25) is 5.91 Å². The van der Waals surface area contributed by atoms with Gasteiger partial charge in [0.15, 0.2) is 6.61 Å². The molecule has 5 saturated carbocycles. The standard InChI is InChI=1S/C23H33N3O4/c24-15-23(5-2-1-3-6-23)26-19(27)14-30-20(28)4-7-25-21(29)22-11-16-8-17(12-22)10-18(9-16)13-22/h16-18H,1-14H2,(H,25,29)(H,26,27). The minimum absolute atomic E-state index is 0.0504. The van der Waals surface area contributed by atoms with E-state index in [2.05, 4.69) is 16.7 Å². The number of carbonyl (C=O) groups is 3. The van der Waals surface area contributed by atoms with Crippen LogP contribution in [-0.2, 0) is 19.1 Å². The molecule has 0 saturated heterocycles. The van der Waals surface area contributed by atoms with E-state index in [1.54, 1.807) is 0 Å². The Morgan fingerprint density at radius 2 is 1.57 bits per heavy atom. The molecule has 5 fully saturated rings. The van der Waals surface area contributed by atoms with Gasteiger partial charge in [-0.05, 0) is 69.1 Å². The molecule has 0 aromatic heterocycles. The lowest BCUT2D eigenvalue weighted by Crippen LogP contribution is -2.53. The van der Waals surface area contributed by atoms with Crippen LogP contribution in [0.4, 0.5) is 0 Å². The first-order valence-electron chi connectivity index (χ1n) is 11.6. The van der Waals surface area contributed by atoms with Crippen molar-refractivity contribution in [2.45, 2.75) is 82.6 Å². The van der Waals surface area contributed by atoms with Crippen LogP contribution in [0.1, 0.15) is 77.0 Å². The molecule has 0 spiro atoms. The second kappa shape index (κ2) is 8.56. The first-order valence-corrected chi connectivity index (χ1v) is 11.6. The molecule has 2 amide bonds. The van der Waals surface area contributed by atoms with Crippen molar-refractivity contribution in [3.8, 4) is 6.07 Å². The van der Waals surface area contributed by atoms with E-state index in [0.717, 1.165) is 38.5 Å². The van der Waals surface area contributed by atoms with Crippen molar-refractivity contribution in [1.29, 1.82) is 5.26 Å². The molecule has 7 heteroatoms. The Hall–Kier alpha value is -2.10. The van der Waals surface area contributed by atoms with E-state index in [-0.39, 0.29) is 30.9 Å². The van der Waals surface area contributed by atoms with Gasteiger partial charge >= 0.3 is 5.97 Å². The summed E-state index contributed by atoms with van der Waals surface area (Å²) in [5, 5.41) is 15.1. The third kappa shape index (κ3) is 4.48. The van der Waals surface area contributed by atoms with Crippen LogP contribution in [0.5, 0.6) is 0 Å². The normalized spacial score (nSPS) is 33.4. The van der Waals surface area contributed by atoms with Gasteiger partial charge < -0.3 is 15.4 Å². The largest absolute Gasteiger partial charge is 0.456 e. The van der Waals surface area contributed by atoms with E-state index in [9.17, 15) is 19.6 Å². The number of hydrogen-bond acceptors (Lipinski definition) is 5. The van der Waals surface area contributed by atoms with Crippen molar-refractivity contribution in [2.24, 2.45) is 23.2 Å². The number of ether oxygens (including phenoxy) is 1. The zero-order chi connectivity index (χ0) is 21.2. The van der Waals surface area contributed by atoms with Gasteiger partial charge in [0.1, 0.15) is 5.54 Å². The number of amides is 2. The van der Waals surface area contributed by atoms with E-state index in [0.29, 0.717) is 30.6 Å². The highest BCUT2D eigenvalue weighted by molar-refractivity contribution is 5.84. The van der Waals surface area contributed by atoms with Crippen molar-refractivity contribution in [3.05, 3.63) is 0 Å². The molecule has 5 aliphatic carbocycles. The van der Waals surface area contributed by atoms with Crippen LogP contribution in [0.15, 0.2) is 0 Å². The fourth-order valence-corrected chi connectivity index (χ4v) is 6.80. The second-order valence-electron chi connectivity index (χ2n) is 10.2. The summed E-state index contributed by atoms with van der Waals surface area (Å²) in [6, 6.07) is 2.22. The highest BCUT2D eigenvalue weighted by Gasteiger charge is 2.54. The van der Waals surface area contributed by atoms with Crippen molar-refractivity contribution >= 4 is 17.8 Å². The van der Waals surface area contributed by atoms with Gasteiger partial charge in [-0.1, -0.05) is 19.3 Å². The molecule has 7 nitrogen and oxygen atoms in total. The van der Waals surface area contributed by atoms with Gasteiger partial charge in [0.25, 0.3) is 5.91 Å². The number of nitrogens with zero attached hydrogens (tertiary/aromatic N) is 1. The molecule has 0 atom stereocenters. The van der Waals surface area contributed by atoms with Crippen LogP contribution in [0.3, 0.4) is 0 Å². The van der Waals surface area contributed by atoms with Gasteiger partial charge in [-0.15, -0.1) is 0 Å². The highest BCUT2D eigenvalue weighted by atomic mass is 16.5. The number of carbonyl (C=O) groups excluding carboxylic acids is 3. The van der Waals surface area contributed by atoms with E-state index in [4.69, 9.17) is 4.74 Å². The molecule has 0 unspecified atom stereocenters. The minimum Gasteiger partial charge on any atom is -0.456 e. The first-order chi connectivity index (χ1) is 14.4. The van der Waals surface area contributed by atoms with E-state index in [1.807, 2.05) is 0 Å². The second-order valence-corrected chi connectivity index (χ2v) is 10.2. The minimum atomic E-state index is -0.826. The average Bonchev–Trinajstić information content (AvgIpc) is 2.72. The van der Waals surface area contributed by atoms with E-state index < -0.39 is 17.4 Å². The van der Waals surface area contributed by atoms with Gasteiger partial charge in [0.05, 0.1) is 12.5 Å². The lowest BCUT2D eigenvalue weighted by atomic mass is 9.49. The summed E-state index contributed by atoms with van der Waals surface area (Å²) in [6.07, 6.45) is 11.1. The van der Waals surface area contributed by atoms with Crippen LogP contribution >= 0.6 is 0 Å². The number of nitrogens with one attached hydrogen (secondary N) is 2. The molecule has 30 heavy (non-hydrogen) atoms. The molecule has 164 valence electrons. The molecule has 0 radical (unpaired) electrons. The summed E-state index contributed by atoms with van der Waals surface area (Å²) in [6.45, 7) is -0.144. The van der Waals surface area contributed by atoms with Crippen LogP contribution in [0, 0.1) is 34.5 Å². The average molecular weight is 416 g/mol. The van der Waals surface area contributed by atoms with Gasteiger partial charge in [-0.3, -0.25) is 14.4 Å². The smallest absolute Gasteiger partial charge is 0.308 e. The summed E-state index contributed by atoms with van der Waals surface area (Å²) >= 11 is 0. The van der Waals surface area contributed by atoms with Crippen molar-refractivity contribution in [2.75, 3.05) is 13.2 Å². The Balaban J connectivity index is 1.16. The number of esters is 1. The summed E-state index contributed by atoms with van der Waals surface area (Å²) in [5.74, 6) is 1.25. The third-order valence-electron chi connectivity index (χ3n) is 7.80. The van der Waals surface area contributed by atoms with Crippen molar-refractivity contribution < 1.29 is 19.1 Å². The van der Waals surface area contributed by atoms with Crippen molar-refractivity contribution in [3.63, 3.8) is 0 Å². The van der Waals surface area contributed by atoms with Gasteiger partial charge in [-0.25, -0.2) is 0 Å². The molecule has 0 heterocycles. The highest BCUT2D eigenvalue weighted by Crippen LogP contribution is 2.60. The fourth-order valence-electron chi connectivity index (χ4n) is 6.80. The molecule has 0 aromatic rings. The molecule has 5 aliphatic rings. The van der Waals surface area contributed by atoms with Crippen LogP contribution in [0.25, 0.3) is 0 Å². The van der Waals surface area contributed by atoms with Gasteiger partial charge in [-0.2, -0.15) is 5.26 Å². The fraction of sp³-hybridized carbons (Fsp3) is 0.826. The molecular weight excluding hydrogens is 382 g/mol. The van der Waals surface area contributed by atoms with E-state index >= 15 is 0 Å². The van der Waals surface area contributed by atoms with Crippen molar-refractivity contribution in [1.82, 2.24) is 10.6 Å². The van der Waals surface area contributed by atoms with Gasteiger partial charge in [0, 0.05) is 12.0 Å². The number of hydrogen-bond donors (Lipinski definition) is 2. The summed E-state index contributed by atoms with van der Waals surface area (Å²) in [5.41, 5.74) is -1.04. The lowest BCUT2D eigenvalue weighted by molar-refractivity contribution is -0.150. The SMILES string of the molecule is N#CC1(NC(=O)COC(=O)CCNC(=O)C23CC4CC(CC(C4)C2)C3)CCCCC1. The molecule has 0 aromatic carbocycles. The molecule has 0 aliphatic heterocycles. The Morgan fingerprint density at radius 1 is 0.967 bits per heavy atom. The summed E-state index contributed by atoms with van der Waals surface area (Å²) in [4.78, 5) is 37.0. The number of nitriles is 1. The summed E-state index contributed by atoms with van der Waals surface area (Å²) < 4.78 is 5.05. The molecular formula is C23H33N3O4. The van der Waals surface area contributed by atoms with Crippen LogP contribution < -0.4 is 10.6 Å². The van der Waals surface area contributed by atoms with Crippen LogP contribution in [0.2, 0.25) is 0 Å². The Bertz CT molecular complexity index is 700. The zero-order valence-electron chi connectivity index (χ0n) is 17.7. The van der Waals surface area contributed by atoms with E-state index in [1.165, 1.54) is 19.3 Å². The van der Waals surface area contributed by atoms with Crippen LogP contribution in [-0.4, -0.2) is 36.5 Å². The quantitative estimate of drug-likeness (QED) is 0.621. The monoisotopic (exact) mass is 415 g/mol. The topological polar surface area (TPSA) is 108 Å². The molecule has 2 N–H and O–H groups in total. The summed E-state index contributed by atoms with van der Waals surface area (Å²) in [7, 11) is 0. The Morgan fingerprint density at radius 3 is 2.13 bits per heavy atom. The zero-order valence-corrected chi connectivity index (χ0v) is 17.7. The predicted octanol–water partition coefficient (Wildman–Crippen LogP) is 2.59. The first kappa shape index (κ1) is 21.1. The maximum Gasteiger partial charge on any atom is 0.308 e. The maximum absolute atomic E-state index is 12.9. The third-order valence-corrected chi connectivity index (χ3v) is 7.80. The molecule has 5 rings (SSSR count). The predicted molar refractivity (Wildman–Crippen MR) is 109 cm³/mol. The lowest BCUT2D eigenvalue weighted by Gasteiger charge is -2.55. The Kier molecular flexibility index (Phi) is 6.04. The maximum atomic E-state index is 12.9. The Labute approximate surface area is 178 Å². The molecule has 4 bridgehead atoms.